The van der Waals surface area contributed by atoms with Crippen molar-refractivity contribution in [3.8, 4) is 5.75 Å². The van der Waals surface area contributed by atoms with Gasteiger partial charge in [-0.3, -0.25) is 9.59 Å². The molecule has 0 spiro atoms. The van der Waals surface area contributed by atoms with Crippen LogP contribution < -0.4 is 4.74 Å². The van der Waals surface area contributed by atoms with Crippen LogP contribution in [0.1, 0.15) is 17.7 Å². The van der Waals surface area contributed by atoms with Gasteiger partial charge in [0.25, 0.3) is 0 Å². The molecule has 196 valence electrons. The van der Waals surface area contributed by atoms with Crippen molar-refractivity contribution < 1.29 is 28.3 Å². The maximum Gasteiger partial charge on any atom is 0.228 e. The van der Waals surface area contributed by atoms with Gasteiger partial charge in [-0.05, 0) is 42.8 Å². The second kappa shape index (κ2) is 11.1. The Hall–Kier alpha value is -3.14. The van der Waals surface area contributed by atoms with Gasteiger partial charge in [-0.2, -0.15) is 0 Å². The zero-order valence-corrected chi connectivity index (χ0v) is 21.5. The molecular formula is C27H30ClN3O6. The van der Waals surface area contributed by atoms with Gasteiger partial charge in [-0.1, -0.05) is 28.9 Å². The van der Waals surface area contributed by atoms with Crippen molar-refractivity contribution in [2.24, 2.45) is 0 Å². The number of para-hydroxylation sites is 1. The zero-order valence-electron chi connectivity index (χ0n) is 20.8. The van der Waals surface area contributed by atoms with Gasteiger partial charge in [0.2, 0.25) is 11.8 Å². The monoisotopic (exact) mass is 527 g/mol. The first kappa shape index (κ1) is 25.5. The number of aryl methyl sites for hydroxylation is 1. The van der Waals surface area contributed by atoms with Crippen LogP contribution >= 0.6 is 11.6 Å². The molecule has 2 saturated heterocycles. The SMILES string of the molecule is Cc1cc(OC[C@@]2(CC(=O)N3CCOCC3)CN(C(=O)Cc3noc4ccccc34)CCO2)ccc1Cl. The summed E-state index contributed by atoms with van der Waals surface area (Å²) in [7, 11) is 0. The van der Waals surface area contributed by atoms with Crippen LogP contribution in [0.4, 0.5) is 0 Å². The number of ether oxygens (including phenoxy) is 3. The van der Waals surface area contributed by atoms with Gasteiger partial charge in [-0.15, -0.1) is 0 Å². The molecule has 0 bridgehead atoms. The maximum atomic E-state index is 13.4. The Balaban J connectivity index is 1.33. The van der Waals surface area contributed by atoms with Crippen LogP contribution in [0.3, 0.4) is 0 Å². The van der Waals surface area contributed by atoms with Gasteiger partial charge >= 0.3 is 0 Å². The van der Waals surface area contributed by atoms with Crippen molar-refractivity contribution in [2.75, 3.05) is 52.6 Å². The lowest BCUT2D eigenvalue weighted by Gasteiger charge is -2.43. The topological polar surface area (TPSA) is 94.3 Å². The van der Waals surface area contributed by atoms with Crippen molar-refractivity contribution >= 4 is 34.4 Å². The lowest BCUT2D eigenvalue weighted by Crippen LogP contribution is -2.59. The average molecular weight is 528 g/mol. The average Bonchev–Trinajstić information content (AvgIpc) is 3.32. The van der Waals surface area contributed by atoms with E-state index in [0.29, 0.717) is 61.5 Å². The molecule has 0 radical (unpaired) electrons. The third-order valence-corrected chi connectivity index (χ3v) is 7.26. The highest BCUT2D eigenvalue weighted by atomic mass is 35.5. The van der Waals surface area contributed by atoms with Crippen LogP contribution in [0.5, 0.6) is 5.75 Å². The fourth-order valence-electron chi connectivity index (χ4n) is 4.75. The maximum absolute atomic E-state index is 13.4. The molecule has 1 atom stereocenters. The summed E-state index contributed by atoms with van der Waals surface area (Å²) in [5, 5.41) is 5.57. The molecule has 0 aliphatic carbocycles. The molecule has 2 aromatic carbocycles. The highest BCUT2D eigenvalue weighted by Gasteiger charge is 2.42. The third kappa shape index (κ3) is 5.89. The highest BCUT2D eigenvalue weighted by molar-refractivity contribution is 6.31. The van der Waals surface area contributed by atoms with E-state index < -0.39 is 5.60 Å². The lowest BCUT2D eigenvalue weighted by atomic mass is 9.96. The van der Waals surface area contributed by atoms with Gasteiger partial charge in [-0.25, -0.2) is 0 Å². The molecule has 37 heavy (non-hydrogen) atoms. The number of carbonyl (C=O) groups excluding carboxylic acids is 2. The third-order valence-electron chi connectivity index (χ3n) is 6.84. The number of carbonyl (C=O) groups is 2. The summed E-state index contributed by atoms with van der Waals surface area (Å²) in [4.78, 5) is 30.1. The van der Waals surface area contributed by atoms with Crippen molar-refractivity contribution in [1.82, 2.24) is 15.0 Å². The number of benzene rings is 2. The molecule has 10 heteroatoms. The Morgan fingerprint density at radius 2 is 1.84 bits per heavy atom. The standard InChI is InChI=1S/C27H30ClN3O6/c1-19-14-20(6-7-22(19)28)35-18-27(16-26(33)30-8-11-34-12-9-30)17-31(10-13-36-27)25(32)15-23-21-4-2-3-5-24(21)37-29-23/h2-7,14H,8-13,15-18H2,1H3/t27-/m1/s1. The van der Waals surface area contributed by atoms with E-state index in [1.54, 1.807) is 21.9 Å². The molecule has 0 unspecified atom stereocenters. The van der Waals surface area contributed by atoms with Gasteiger partial charge < -0.3 is 28.5 Å². The molecule has 1 aromatic heterocycles. The van der Waals surface area contributed by atoms with E-state index in [-0.39, 0.29) is 37.8 Å². The number of halogens is 1. The second-order valence-corrected chi connectivity index (χ2v) is 9.93. The highest BCUT2D eigenvalue weighted by Crippen LogP contribution is 2.28. The molecule has 3 heterocycles. The van der Waals surface area contributed by atoms with Gasteiger partial charge in [0.1, 0.15) is 23.7 Å². The molecule has 0 saturated carbocycles. The minimum absolute atomic E-state index is 0.0454. The predicted octanol–water partition coefficient (Wildman–Crippen LogP) is 3.26. The van der Waals surface area contributed by atoms with E-state index in [4.69, 9.17) is 30.3 Å². The minimum atomic E-state index is -0.997. The number of nitrogens with zero attached hydrogens (tertiary/aromatic N) is 3. The Kier molecular flexibility index (Phi) is 7.64. The van der Waals surface area contributed by atoms with E-state index in [9.17, 15) is 9.59 Å². The van der Waals surface area contributed by atoms with Crippen molar-refractivity contribution in [1.29, 1.82) is 0 Å². The number of fused-ring (bicyclic) bond motifs is 1. The van der Waals surface area contributed by atoms with Gasteiger partial charge in [0.15, 0.2) is 5.58 Å². The predicted molar refractivity (Wildman–Crippen MR) is 137 cm³/mol. The molecular weight excluding hydrogens is 498 g/mol. The number of morpholine rings is 2. The van der Waals surface area contributed by atoms with Crippen LogP contribution in [0.25, 0.3) is 11.0 Å². The van der Waals surface area contributed by atoms with Crippen molar-refractivity contribution in [3.05, 3.63) is 58.7 Å². The lowest BCUT2D eigenvalue weighted by molar-refractivity contribution is -0.167. The summed E-state index contributed by atoms with van der Waals surface area (Å²) in [6.07, 6.45) is 0.192. The minimum Gasteiger partial charge on any atom is -0.490 e. The van der Waals surface area contributed by atoms with E-state index >= 15 is 0 Å². The van der Waals surface area contributed by atoms with Crippen LogP contribution in [0.15, 0.2) is 47.0 Å². The number of aromatic nitrogens is 1. The Morgan fingerprint density at radius 1 is 1.05 bits per heavy atom. The molecule has 2 aliphatic rings. The second-order valence-electron chi connectivity index (χ2n) is 9.52. The van der Waals surface area contributed by atoms with E-state index in [0.717, 1.165) is 10.9 Å². The van der Waals surface area contributed by atoms with Crippen LogP contribution in [0, 0.1) is 6.92 Å². The molecule has 0 N–H and O–H groups in total. The molecule has 9 nitrogen and oxygen atoms in total. The molecule has 2 amide bonds. The normalized spacial score (nSPS) is 20.3. The Bertz CT molecular complexity index is 1270. The van der Waals surface area contributed by atoms with Crippen molar-refractivity contribution in [2.45, 2.75) is 25.4 Å². The smallest absolute Gasteiger partial charge is 0.228 e. The number of rotatable bonds is 7. The quantitative estimate of drug-likeness (QED) is 0.465. The number of amides is 2. The molecule has 2 fully saturated rings. The van der Waals surface area contributed by atoms with Gasteiger partial charge in [0, 0.05) is 30.0 Å². The van der Waals surface area contributed by atoms with E-state index in [1.165, 1.54) is 0 Å². The first-order valence-corrected chi connectivity index (χ1v) is 12.8. The summed E-state index contributed by atoms with van der Waals surface area (Å²) in [5.41, 5.74) is 1.13. The first-order valence-electron chi connectivity index (χ1n) is 12.4. The molecule has 2 aliphatic heterocycles. The summed E-state index contributed by atoms with van der Waals surface area (Å²) >= 11 is 6.16. The fraction of sp³-hybridized carbons (Fsp3) is 0.444. The molecule has 3 aromatic rings. The van der Waals surface area contributed by atoms with Crippen LogP contribution in [-0.2, 0) is 25.5 Å². The summed E-state index contributed by atoms with van der Waals surface area (Å²) in [6.45, 7) is 5.05. The Morgan fingerprint density at radius 3 is 2.65 bits per heavy atom. The number of hydrogen-bond acceptors (Lipinski definition) is 7. The van der Waals surface area contributed by atoms with Crippen molar-refractivity contribution in [3.63, 3.8) is 0 Å². The van der Waals surface area contributed by atoms with Gasteiger partial charge in [0.05, 0.1) is 39.2 Å². The van der Waals surface area contributed by atoms with E-state index in [2.05, 4.69) is 5.16 Å². The fourth-order valence-corrected chi connectivity index (χ4v) is 4.86. The number of hydrogen-bond donors (Lipinski definition) is 0. The molecule has 5 rings (SSSR count). The largest absolute Gasteiger partial charge is 0.490 e. The summed E-state index contributed by atoms with van der Waals surface area (Å²) in [6, 6.07) is 12.9. The van der Waals surface area contributed by atoms with Crippen LogP contribution in [0.2, 0.25) is 5.02 Å². The Labute approximate surface area is 220 Å². The summed E-state index contributed by atoms with van der Waals surface area (Å²) < 4.78 is 23.1. The van der Waals surface area contributed by atoms with Crippen LogP contribution in [-0.4, -0.2) is 85.0 Å². The van der Waals surface area contributed by atoms with E-state index in [1.807, 2.05) is 37.3 Å². The summed E-state index contributed by atoms with van der Waals surface area (Å²) in [5.74, 6) is 0.477. The zero-order chi connectivity index (χ0) is 25.8. The first-order chi connectivity index (χ1) is 17.9.